The van der Waals surface area contributed by atoms with Crippen LogP contribution in [0.25, 0.3) is 0 Å². The Morgan fingerprint density at radius 3 is 2.16 bits per heavy atom. The van der Waals surface area contributed by atoms with E-state index in [1.54, 1.807) is 0 Å². The van der Waals surface area contributed by atoms with Crippen LogP contribution in [0.3, 0.4) is 0 Å². The van der Waals surface area contributed by atoms with E-state index in [4.69, 9.17) is 0 Å². The lowest BCUT2D eigenvalue weighted by Gasteiger charge is -2.37. The van der Waals surface area contributed by atoms with Gasteiger partial charge >= 0.3 is 0 Å². The van der Waals surface area contributed by atoms with E-state index in [9.17, 15) is 17.2 Å². The lowest BCUT2D eigenvalue weighted by molar-refractivity contribution is 0.175. The zero-order chi connectivity index (χ0) is 22.7. The molecule has 0 aromatic heterocycles. The molecule has 8 heteroatoms. The Labute approximate surface area is 191 Å². The van der Waals surface area contributed by atoms with Gasteiger partial charge in [-0.1, -0.05) is 0 Å². The number of rotatable bonds is 9. The molecule has 0 amide bonds. The number of sulfonamides is 1. The van der Waals surface area contributed by atoms with Gasteiger partial charge in [-0.15, -0.1) is 0 Å². The molecule has 2 heterocycles. The lowest BCUT2D eigenvalue weighted by atomic mass is 9.78. The summed E-state index contributed by atoms with van der Waals surface area (Å²) in [6.45, 7) is 5.14. The first-order valence-electron chi connectivity index (χ1n) is 12.1. The zero-order valence-corrected chi connectivity index (χ0v) is 19.9. The number of likely N-dealkylation sites (tertiary alicyclic amines) is 1. The molecule has 1 aromatic rings. The van der Waals surface area contributed by atoms with E-state index >= 15 is 0 Å². The molecule has 180 valence electrons. The molecule has 1 saturated carbocycles. The summed E-state index contributed by atoms with van der Waals surface area (Å²) in [5, 5.41) is 3.71. The molecule has 3 fully saturated rings. The zero-order valence-electron chi connectivity index (χ0n) is 19.1. The molecule has 1 N–H and O–H groups in total. The van der Waals surface area contributed by atoms with Gasteiger partial charge in [-0.2, -0.15) is 0 Å². The summed E-state index contributed by atoms with van der Waals surface area (Å²) < 4.78 is 53.3. The van der Waals surface area contributed by atoms with E-state index in [0.29, 0.717) is 24.7 Å². The van der Waals surface area contributed by atoms with E-state index < -0.39 is 21.7 Å². The van der Waals surface area contributed by atoms with Crippen molar-refractivity contribution in [3.8, 4) is 0 Å². The molecule has 0 spiro atoms. The number of nitrogens with one attached hydrogen (secondary N) is 1. The summed E-state index contributed by atoms with van der Waals surface area (Å²) in [5.41, 5.74) is 0.710. The Morgan fingerprint density at radius 2 is 1.59 bits per heavy atom. The molecule has 1 unspecified atom stereocenters. The summed E-state index contributed by atoms with van der Waals surface area (Å²) in [7, 11) is -3.19. The number of benzene rings is 1. The van der Waals surface area contributed by atoms with Gasteiger partial charge in [0.2, 0.25) is 10.0 Å². The third-order valence-corrected chi connectivity index (χ3v) is 8.89. The van der Waals surface area contributed by atoms with Crippen molar-refractivity contribution in [3.63, 3.8) is 0 Å². The molecule has 4 rings (SSSR count). The molecule has 0 bridgehead atoms. The quantitative estimate of drug-likeness (QED) is 0.601. The second-order valence-corrected chi connectivity index (χ2v) is 12.0. The molecule has 1 aromatic carbocycles. The Hall–Kier alpha value is -1.09. The Kier molecular flexibility index (Phi) is 7.85. The highest BCUT2D eigenvalue weighted by atomic mass is 32.2. The summed E-state index contributed by atoms with van der Waals surface area (Å²) >= 11 is 0. The fourth-order valence-corrected chi connectivity index (χ4v) is 6.29. The highest BCUT2D eigenvalue weighted by Gasteiger charge is 2.32. The van der Waals surface area contributed by atoms with E-state index in [1.165, 1.54) is 35.5 Å². The number of hydrogen-bond donors (Lipinski definition) is 1. The second-order valence-electron chi connectivity index (χ2n) is 10.1. The third kappa shape index (κ3) is 6.72. The van der Waals surface area contributed by atoms with E-state index in [-0.39, 0.29) is 11.8 Å². The maximum atomic E-state index is 14.0. The van der Waals surface area contributed by atoms with Crippen LogP contribution < -0.4 is 5.32 Å². The van der Waals surface area contributed by atoms with Gasteiger partial charge in [0.25, 0.3) is 0 Å². The SMILES string of the molecule is CS(=O)(=O)N1CCC(C(CCN2CCC(NCC3CC3)CC2)c2cc(F)cc(F)c2)CC1. The molecule has 0 radical (unpaired) electrons. The molecule has 2 saturated heterocycles. The number of hydrogen-bond acceptors (Lipinski definition) is 4. The van der Waals surface area contributed by atoms with Gasteiger partial charge in [0, 0.05) is 25.2 Å². The van der Waals surface area contributed by atoms with Gasteiger partial charge in [0.05, 0.1) is 6.26 Å². The first-order chi connectivity index (χ1) is 15.3. The first kappa shape index (κ1) is 24.0. The van der Waals surface area contributed by atoms with Gasteiger partial charge in [-0.3, -0.25) is 0 Å². The van der Waals surface area contributed by atoms with E-state index in [0.717, 1.165) is 70.3 Å². The predicted molar refractivity (Wildman–Crippen MR) is 123 cm³/mol. The number of nitrogens with zero attached hydrogens (tertiary/aromatic N) is 2. The lowest BCUT2D eigenvalue weighted by Crippen LogP contribution is -2.44. The van der Waals surface area contributed by atoms with Crippen molar-refractivity contribution >= 4 is 10.0 Å². The highest BCUT2D eigenvalue weighted by Crippen LogP contribution is 2.37. The van der Waals surface area contributed by atoms with Gasteiger partial charge in [-0.25, -0.2) is 21.5 Å². The second kappa shape index (κ2) is 10.5. The van der Waals surface area contributed by atoms with Crippen molar-refractivity contribution in [1.82, 2.24) is 14.5 Å². The Bertz CT molecular complexity index is 842. The van der Waals surface area contributed by atoms with Crippen LogP contribution in [0.4, 0.5) is 8.78 Å². The minimum atomic E-state index is -3.19. The van der Waals surface area contributed by atoms with Crippen molar-refractivity contribution in [2.24, 2.45) is 11.8 Å². The van der Waals surface area contributed by atoms with Crippen LogP contribution in [0.5, 0.6) is 0 Å². The maximum Gasteiger partial charge on any atom is 0.211 e. The molecular formula is C24H37F2N3O2S. The van der Waals surface area contributed by atoms with Crippen molar-refractivity contribution in [2.45, 2.75) is 56.9 Å². The van der Waals surface area contributed by atoms with Crippen molar-refractivity contribution in [2.75, 3.05) is 45.5 Å². The minimum absolute atomic E-state index is 0.0348. The van der Waals surface area contributed by atoms with Crippen LogP contribution >= 0.6 is 0 Å². The van der Waals surface area contributed by atoms with Crippen LogP contribution in [0, 0.1) is 23.5 Å². The van der Waals surface area contributed by atoms with Gasteiger partial charge in [0.1, 0.15) is 11.6 Å². The highest BCUT2D eigenvalue weighted by molar-refractivity contribution is 7.88. The summed E-state index contributed by atoms with van der Waals surface area (Å²) in [4.78, 5) is 2.48. The number of halogens is 2. The molecule has 32 heavy (non-hydrogen) atoms. The number of piperidine rings is 2. The summed E-state index contributed by atoms with van der Waals surface area (Å²) in [6, 6.07) is 4.46. The third-order valence-electron chi connectivity index (χ3n) is 7.59. The van der Waals surface area contributed by atoms with Crippen LogP contribution in [-0.2, 0) is 10.0 Å². The van der Waals surface area contributed by atoms with Crippen molar-refractivity contribution < 1.29 is 17.2 Å². The average molecular weight is 470 g/mol. The summed E-state index contributed by atoms with van der Waals surface area (Å²) in [6.07, 6.45) is 8.58. The molecule has 3 aliphatic rings. The topological polar surface area (TPSA) is 52.7 Å². The van der Waals surface area contributed by atoms with Crippen LogP contribution in [0.1, 0.15) is 56.4 Å². The monoisotopic (exact) mass is 469 g/mol. The molecule has 1 aliphatic carbocycles. The van der Waals surface area contributed by atoms with Gasteiger partial charge in [0.15, 0.2) is 0 Å². The molecular weight excluding hydrogens is 432 g/mol. The first-order valence-corrected chi connectivity index (χ1v) is 14.0. The smallest absolute Gasteiger partial charge is 0.211 e. The Balaban J connectivity index is 1.35. The maximum absolute atomic E-state index is 14.0. The Morgan fingerprint density at radius 1 is 0.969 bits per heavy atom. The minimum Gasteiger partial charge on any atom is -0.314 e. The normalized spacial score (nSPS) is 23.5. The molecule has 1 atom stereocenters. The van der Waals surface area contributed by atoms with Gasteiger partial charge in [-0.05, 0) is 107 Å². The van der Waals surface area contributed by atoms with E-state index in [1.807, 2.05) is 0 Å². The molecule has 2 aliphatic heterocycles. The van der Waals surface area contributed by atoms with Crippen LogP contribution in [0.2, 0.25) is 0 Å². The molecule has 5 nitrogen and oxygen atoms in total. The van der Waals surface area contributed by atoms with E-state index in [2.05, 4.69) is 10.2 Å². The largest absolute Gasteiger partial charge is 0.314 e. The average Bonchev–Trinajstić information content (AvgIpc) is 3.57. The predicted octanol–water partition coefficient (Wildman–Crippen LogP) is 3.57. The fraction of sp³-hybridized carbons (Fsp3) is 0.750. The van der Waals surface area contributed by atoms with Crippen LogP contribution in [0.15, 0.2) is 18.2 Å². The van der Waals surface area contributed by atoms with Crippen LogP contribution in [-0.4, -0.2) is 69.2 Å². The van der Waals surface area contributed by atoms with Crippen molar-refractivity contribution in [1.29, 1.82) is 0 Å². The summed E-state index contributed by atoms with van der Waals surface area (Å²) in [5.74, 6) is 0.0800. The van der Waals surface area contributed by atoms with Crippen molar-refractivity contribution in [3.05, 3.63) is 35.4 Å². The van der Waals surface area contributed by atoms with Gasteiger partial charge < -0.3 is 10.2 Å². The fourth-order valence-electron chi connectivity index (χ4n) is 5.41. The standard InChI is InChI=1S/C24H37F2N3O2S/c1-32(30,31)29-12-4-19(5-13-29)24(20-14-21(25)16-22(26)15-20)8-11-28-9-6-23(7-10-28)27-17-18-2-3-18/h14-16,18-19,23-24,27H,2-13,17H2,1H3.